The van der Waals surface area contributed by atoms with Gasteiger partial charge in [0.25, 0.3) is 5.91 Å². The predicted molar refractivity (Wildman–Crippen MR) is 103 cm³/mol. The van der Waals surface area contributed by atoms with Gasteiger partial charge in [0.1, 0.15) is 5.75 Å². The fourth-order valence-corrected chi connectivity index (χ4v) is 2.73. The highest BCUT2D eigenvalue weighted by Gasteiger charge is 2.10. The zero-order valence-electron chi connectivity index (χ0n) is 17.4. The highest BCUT2D eigenvalue weighted by Crippen LogP contribution is 2.23. The van der Waals surface area contributed by atoms with Gasteiger partial charge in [0, 0.05) is 29.8 Å². The summed E-state index contributed by atoms with van der Waals surface area (Å²) in [5.74, 6) is -0.105. The van der Waals surface area contributed by atoms with E-state index in [4.69, 9.17) is 8.85 Å². The van der Waals surface area contributed by atoms with Gasteiger partial charge in [-0.2, -0.15) is 0 Å². The van der Waals surface area contributed by atoms with Crippen LogP contribution in [0.5, 0.6) is 5.75 Å². The fourth-order valence-electron chi connectivity index (χ4n) is 2.73. The molecule has 2 aromatic heterocycles. The first-order valence-corrected chi connectivity index (χ1v) is 8.12. The first-order chi connectivity index (χ1) is 14.3. The average molecular weight is 362 g/mol. The average Bonchev–Trinajstić information content (AvgIpc) is 3.12. The number of rotatable bonds is 4. The van der Waals surface area contributed by atoms with E-state index in [1.54, 1.807) is 18.7 Å². The fraction of sp³-hybridized carbons (Fsp3) is 0.100. The quantitative estimate of drug-likeness (QED) is 0.602. The van der Waals surface area contributed by atoms with Crippen molar-refractivity contribution in [3.63, 3.8) is 0 Å². The second-order valence-electron chi connectivity index (χ2n) is 5.94. The topological polar surface area (TPSA) is 81.9 Å². The van der Waals surface area contributed by atoms with Gasteiger partial charge in [-0.1, -0.05) is 12.1 Å². The van der Waals surface area contributed by atoms with Crippen LogP contribution in [0.1, 0.15) is 14.5 Å². The molecule has 0 spiro atoms. The Kier molecular flexibility index (Phi) is 3.43. The van der Waals surface area contributed by atoms with Gasteiger partial charge in [-0.25, -0.2) is 15.0 Å². The molecule has 0 atom stereocenters. The van der Waals surface area contributed by atoms with Crippen LogP contribution in [-0.2, 0) is 7.05 Å². The summed E-state index contributed by atoms with van der Waals surface area (Å²) in [6.07, 6.45) is 5.13. The number of amides is 1. The summed E-state index contributed by atoms with van der Waals surface area (Å²) in [5.41, 5.74) is 2.89. The van der Waals surface area contributed by atoms with Gasteiger partial charge in [-0.3, -0.25) is 10.1 Å². The molecule has 0 unspecified atom stereocenters. The second kappa shape index (κ2) is 6.87. The molecular weight excluding hydrogens is 342 g/mol. The van der Waals surface area contributed by atoms with Crippen molar-refractivity contribution >= 4 is 22.8 Å². The number of hydrogen-bond donors (Lipinski definition) is 1. The van der Waals surface area contributed by atoms with Crippen molar-refractivity contribution in [3.05, 3.63) is 66.7 Å². The number of aromatic nitrogens is 4. The molecule has 0 aliphatic carbocycles. The third kappa shape index (κ3) is 3.35. The zero-order valence-corrected chi connectivity index (χ0v) is 14.4. The number of methoxy groups -OCH3 is 1. The number of aryl methyl sites for hydroxylation is 1. The Labute approximate surface area is 159 Å². The zero-order chi connectivity index (χ0) is 21.3. The molecule has 0 saturated heterocycles. The van der Waals surface area contributed by atoms with Crippen LogP contribution >= 0.6 is 0 Å². The number of fused-ring (bicyclic) bond motifs is 1. The maximum atomic E-state index is 12.5. The first kappa shape index (κ1) is 13.5. The first-order valence-electron chi connectivity index (χ1n) is 9.62. The van der Waals surface area contributed by atoms with E-state index in [-0.39, 0.29) is 11.7 Å². The molecule has 7 nitrogen and oxygen atoms in total. The van der Waals surface area contributed by atoms with E-state index in [0.29, 0.717) is 11.1 Å². The van der Waals surface area contributed by atoms with E-state index >= 15 is 0 Å². The van der Waals surface area contributed by atoms with E-state index in [0.717, 1.165) is 16.6 Å². The van der Waals surface area contributed by atoms with Crippen molar-refractivity contribution in [2.45, 2.75) is 0 Å². The molecule has 134 valence electrons. The number of hydrogen-bond acceptors (Lipinski definition) is 5. The lowest BCUT2D eigenvalue weighted by atomic mass is 10.1. The molecule has 1 N–H and O–H groups in total. The lowest BCUT2D eigenvalue weighted by molar-refractivity contribution is 0.102. The van der Waals surface area contributed by atoms with Gasteiger partial charge in [0.15, 0.2) is 0 Å². The van der Waals surface area contributed by atoms with Crippen LogP contribution < -0.4 is 10.1 Å². The molecule has 0 aliphatic rings. The molecule has 0 saturated carbocycles. The summed E-state index contributed by atoms with van der Waals surface area (Å²) in [4.78, 5) is 25.2. The van der Waals surface area contributed by atoms with Crippen LogP contribution in [0.25, 0.3) is 22.2 Å². The van der Waals surface area contributed by atoms with Crippen LogP contribution in [0, 0.1) is 0 Å². The Hall–Kier alpha value is -3.74. The van der Waals surface area contributed by atoms with Gasteiger partial charge in [0.2, 0.25) is 5.95 Å². The summed E-state index contributed by atoms with van der Waals surface area (Å²) in [5, 5.41) is 3.49. The van der Waals surface area contributed by atoms with Crippen molar-refractivity contribution in [1.29, 1.82) is 0 Å². The Bertz CT molecular complexity index is 1220. The van der Waals surface area contributed by atoms with E-state index in [1.807, 2.05) is 29.8 Å². The third-order valence-electron chi connectivity index (χ3n) is 4.15. The van der Waals surface area contributed by atoms with Gasteiger partial charge in [-0.15, -0.1) is 0 Å². The van der Waals surface area contributed by atoms with Crippen LogP contribution in [0.15, 0.2) is 61.2 Å². The smallest absolute Gasteiger partial charge is 0.258 e. The predicted octanol–water partition coefficient (Wildman–Crippen LogP) is 3.29. The minimum absolute atomic E-state index is 0.149. The van der Waals surface area contributed by atoms with Crippen molar-refractivity contribution < 1.29 is 13.6 Å². The standard InChI is InChI=1S/C20H17N5O2/c1-25-12-21-11-18(25)14-3-4-15-10-22-20(23-17(15)9-14)24-19(26)13-5-7-16(27-2)8-6-13/h3-12H,1-2H3,(H,22,23,24,26)/i2D3. The number of anilines is 1. The van der Waals surface area contributed by atoms with Gasteiger partial charge in [0.05, 0.1) is 34.9 Å². The minimum Gasteiger partial charge on any atom is -0.497 e. The number of ether oxygens (including phenoxy) is 1. The van der Waals surface area contributed by atoms with E-state index in [9.17, 15) is 4.79 Å². The summed E-state index contributed by atoms with van der Waals surface area (Å²) in [6.45, 7) is 0. The molecule has 0 bridgehead atoms. The normalized spacial score (nSPS) is 12.9. The second-order valence-corrected chi connectivity index (χ2v) is 5.94. The molecule has 2 aromatic carbocycles. The van der Waals surface area contributed by atoms with Gasteiger partial charge < -0.3 is 9.30 Å². The maximum absolute atomic E-state index is 12.5. The Balaban J connectivity index is 1.54. The van der Waals surface area contributed by atoms with Gasteiger partial charge >= 0.3 is 0 Å². The van der Waals surface area contributed by atoms with Crippen molar-refractivity contribution in [1.82, 2.24) is 19.5 Å². The maximum Gasteiger partial charge on any atom is 0.258 e. The molecule has 4 aromatic rings. The minimum atomic E-state index is -2.54. The van der Waals surface area contributed by atoms with Crippen LogP contribution in [-0.4, -0.2) is 32.5 Å². The Morgan fingerprint density at radius 3 is 2.78 bits per heavy atom. The Morgan fingerprint density at radius 1 is 1.19 bits per heavy atom. The van der Waals surface area contributed by atoms with Crippen molar-refractivity contribution in [2.24, 2.45) is 7.05 Å². The number of nitrogens with one attached hydrogen (secondary N) is 1. The van der Waals surface area contributed by atoms with Crippen molar-refractivity contribution in [2.75, 3.05) is 12.4 Å². The van der Waals surface area contributed by atoms with Gasteiger partial charge in [-0.05, 0) is 30.3 Å². The summed E-state index contributed by atoms with van der Waals surface area (Å²) in [7, 11) is -0.635. The lowest BCUT2D eigenvalue weighted by Crippen LogP contribution is -2.14. The molecule has 7 heteroatoms. The Morgan fingerprint density at radius 2 is 2.04 bits per heavy atom. The summed E-state index contributed by atoms with van der Waals surface area (Å²) < 4.78 is 28.0. The van der Waals surface area contributed by atoms with E-state index < -0.39 is 12.9 Å². The van der Waals surface area contributed by atoms with Crippen LogP contribution in [0.4, 0.5) is 5.95 Å². The molecule has 2 heterocycles. The molecule has 1 amide bonds. The number of imidazole rings is 1. The van der Waals surface area contributed by atoms with Crippen LogP contribution in [0.2, 0.25) is 0 Å². The van der Waals surface area contributed by atoms with E-state index in [2.05, 4.69) is 20.3 Å². The molecule has 0 radical (unpaired) electrons. The summed E-state index contributed by atoms with van der Waals surface area (Å²) in [6, 6.07) is 11.6. The summed E-state index contributed by atoms with van der Waals surface area (Å²) >= 11 is 0. The van der Waals surface area contributed by atoms with E-state index in [1.165, 1.54) is 24.3 Å². The monoisotopic (exact) mass is 362 g/mol. The number of benzene rings is 2. The largest absolute Gasteiger partial charge is 0.497 e. The molecule has 4 rings (SSSR count). The highest BCUT2D eigenvalue weighted by molar-refractivity contribution is 6.03. The third-order valence-corrected chi connectivity index (χ3v) is 4.15. The number of carbonyl (C=O) groups is 1. The van der Waals surface area contributed by atoms with Crippen molar-refractivity contribution in [3.8, 4) is 17.0 Å². The molecular formula is C20H17N5O2. The van der Waals surface area contributed by atoms with Crippen LogP contribution in [0.3, 0.4) is 0 Å². The lowest BCUT2D eigenvalue weighted by Gasteiger charge is -2.07. The SMILES string of the molecule is [2H]C([2H])([2H])Oc1ccc(C(=O)Nc2ncc3ccc(-c4cncn4C)cc3n2)cc1. The highest BCUT2D eigenvalue weighted by atomic mass is 16.5. The number of nitrogens with zero attached hydrogens (tertiary/aromatic N) is 4. The molecule has 0 fully saturated rings. The molecule has 0 aliphatic heterocycles. The molecule has 27 heavy (non-hydrogen) atoms. The number of carbonyl (C=O) groups excluding carboxylic acids is 1.